The Kier molecular flexibility index (Phi) is 2.29. The third kappa shape index (κ3) is 1.94. The van der Waals surface area contributed by atoms with Gasteiger partial charge in [0.15, 0.2) is 0 Å². The number of hydrogen-bond donors (Lipinski definition) is 0. The average Bonchev–Trinajstić information content (AvgIpc) is 1.88. The topological polar surface area (TPSA) is 9.23 Å². The summed E-state index contributed by atoms with van der Waals surface area (Å²) in [6.45, 7) is 7.38. The molecule has 0 aromatic heterocycles. The lowest BCUT2D eigenvalue weighted by molar-refractivity contribution is 0.164. The predicted octanol–water partition coefficient (Wildman–Crippen LogP) is 2.64. The summed E-state index contributed by atoms with van der Waals surface area (Å²) in [5, 5.41) is 2.13. The number of thioether (sulfide) groups is 1. The van der Waals surface area contributed by atoms with E-state index in [1.807, 2.05) is 11.8 Å². The molecule has 0 aromatic carbocycles. The molecule has 1 aliphatic heterocycles. The molecule has 0 aliphatic carbocycles. The fourth-order valence-corrected chi connectivity index (χ4v) is 1.63. The van der Waals surface area contributed by atoms with Crippen molar-refractivity contribution in [1.82, 2.24) is 0 Å². The minimum atomic E-state index is 0.188. The lowest BCUT2D eigenvalue weighted by Gasteiger charge is -2.25. The standard InChI is InChI=1S/C8H14OS/c1-8(2,3)7-6-10-5-4-9-7/h6H,4-5H2,1-3H3. The van der Waals surface area contributed by atoms with Gasteiger partial charge in [-0.05, 0) is 0 Å². The molecule has 0 bridgehead atoms. The molecule has 0 N–H and O–H groups in total. The number of rotatable bonds is 0. The SMILES string of the molecule is CC(C)(C)C1=CSCCO1. The molecule has 0 radical (unpaired) electrons. The van der Waals surface area contributed by atoms with Crippen molar-refractivity contribution in [1.29, 1.82) is 0 Å². The van der Waals surface area contributed by atoms with Gasteiger partial charge in [0.2, 0.25) is 0 Å². The van der Waals surface area contributed by atoms with Crippen molar-refractivity contribution in [3.63, 3.8) is 0 Å². The number of ether oxygens (including phenoxy) is 1. The lowest BCUT2D eigenvalue weighted by atomic mass is 9.95. The first kappa shape index (κ1) is 7.99. The molecule has 1 rings (SSSR count). The second-order valence-corrected chi connectivity index (χ2v) is 4.43. The van der Waals surface area contributed by atoms with E-state index >= 15 is 0 Å². The van der Waals surface area contributed by atoms with Crippen molar-refractivity contribution in [2.75, 3.05) is 12.4 Å². The van der Waals surface area contributed by atoms with Gasteiger partial charge in [0, 0.05) is 16.6 Å². The third-order valence-electron chi connectivity index (χ3n) is 1.39. The first-order valence-electron chi connectivity index (χ1n) is 3.56. The molecule has 0 saturated carbocycles. The van der Waals surface area contributed by atoms with Gasteiger partial charge in [0.25, 0.3) is 0 Å². The summed E-state index contributed by atoms with van der Waals surface area (Å²) in [4.78, 5) is 0. The highest BCUT2D eigenvalue weighted by Gasteiger charge is 2.20. The Bertz CT molecular complexity index is 144. The Hall–Kier alpha value is -0.110. The Balaban J connectivity index is 2.62. The first-order chi connectivity index (χ1) is 4.61. The minimum absolute atomic E-state index is 0.188. The fourth-order valence-electron chi connectivity index (χ4n) is 0.762. The van der Waals surface area contributed by atoms with Crippen LogP contribution in [0.4, 0.5) is 0 Å². The molecule has 0 amide bonds. The molecule has 1 nitrogen and oxygen atoms in total. The summed E-state index contributed by atoms with van der Waals surface area (Å²) in [7, 11) is 0. The molecule has 0 spiro atoms. The maximum absolute atomic E-state index is 5.48. The van der Waals surface area contributed by atoms with E-state index in [0.717, 1.165) is 18.1 Å². The highest BCUT2D eigenvalue weighted by molar-refractivity contribution is 8.02. The molecule has 0 atom stereocenters. The summed E-state index contributed by atoms with van der Waals surface area (Å²) < 4.78 is 5.48. The molecule has 10 heavy (non-hydrogen) atoms. The molecule has 1 heterocycles. The maximum Gasteiger partial charge on any atom is 0.108 e. The van der Waals surface area contributed by atoms with Crippen LogP contribution in [0.2, 0.25) is 0 Å². The van der Waals surface area contributed by atoms with Gasteiger partial charge in [0.1, 0.15) is 5.76 Å². The highest BCUT2D eigenvalue weighted by Crippen LogP contribution is 2.30. The highest BCUT2D eigenvalue weighted by atomic mass is 32.2. The van der Waals surface area contributed by atoms with Crippen LogP contribution in [0.25, 0.3) is 0 Å². The Morgan fingerprint density at radius 2 is 2.20 bits per heavy atom. The molecule has 0 fully saturated rings. The first-order valence-corrected chi connectivity index (χ1v) is 4.60. The van der Waals surface area contributed by atoms with Crippen LogP contribution in [0.3, 0.4) is 0 Å². The van der Waals surface area contributed by atoms with Gasteiger partial charge in [-0.3, -0.25) is 0 Å². The van der Waals surface area contributed by atoms with E-state index in [0.29, 0.717) is 0 Å². The van der Waals surface area contributed by atoms with E-state index in [-0.39, 0.29) is 5.41 Å². The summed E-state index contributed by atoms with van der Waals surface area (Å²) in [6.07, 6.45) is 0. The third-order valence-corrected chi connectivity index (χ3v) is 2.17. The van der Waals surface area contributed by atoms with Crippen LogP contribution in [0, 0.1) is 5.41 Å². The summed E-state index contributed by atoms with van der Waals surface area (Å²) in [6, 6.07) is 0. The van der Waals surface area contributed by atoms with Crippen LogP contribution in [-0.2, 0) is 4.74 Å². The molecule has 2 heteroatoms. The monoisotopic (exact) mass is 158 g/mol. The second kappa shape index (κ2) is 2.87. The van der Waals surface area contributed by atoms with Gasteiger partial charge in [-0.2, -0.15) is 0 Å². The van der Waals surface area contributed by atoms with Crippen LogP contribution in [0.15, 0.2) is 11.2 Å². The molecule has 0 saturated heterocycles. The van der Waals surface area contributed by atoms with Gasteiger partial charge in [-0.25, -0.2) is 0 Å². The normalized spacial score (nSPS) is 19.7. The molecule has 1 aliphatic rings. The minimum Gasteiger partial charge on any atom is -0.496 e. The van der Waals surface area contributed by atoms with Gasteiger partial charge in [-0.1, -0.05) is 20.8 Å². The number of allylic oxidation sites excluding steroid dienone is 1. The van der Waals surface area contributed by atoms with E-state index in [2.05, 4.69) is 26.2 Å². The van der Waals surface area contributed by atoms with Crippen molar-refractivity contribution in [3.8, 4) is 0 Å². The van der Waals surface area contributed by atoms with Gasteiger partial charge in [-0.15, -0.1) is 11.8 Å². The van der Waals surface area contributed by atoms with Crippen LogP contribution < -0.4 is 0 Å². The van der Waals surface area contributed by atoms with Crippen LogP contribution >= 0.6 is 11.8 Å². The molecular weight excluding hydrogens is 144 g/mol. The largest absolute Gasteiger partial charge is 0.496 e. The predicted molar refractivity (Wildman–Crippen MR) is 45.9 cm³/mol. The summed E-state index contributed by atoms with van der Waals surface area (Å²) in [5.41, 5.74) is 0.188. The fraction of sp³-hybridized carbons (Fsp3) is 0.750. The van der Waals surface area contributed by atoms with Crippen molar-refractivity contribution >= 4 is 11.8 Å². The van der Waals surface area contributed by atoms with Crippen molar-refractivity contribution in [2.24, 2.45) is 5.41 Å². The zero-order valence-electron chi connectivity index (χ0n) is 6.81. The van der Waals surface area contributed by atoms with Gasteiger partial charge < -0.3 is 4.74 Å². The van der Waals surface area contributed by atoms with Gasteiger partial charge in [0.05, 0.1) is 6.61 Å². The van der Waals surface area contributed by atoms with Crippen molar-refractivity contribution in [3.05, 3.63) is 11.2 Å². The molecule has 0 aromatic rings. The lowest BCUT2D eigenvalue weighted by Crippen LogP contribution is -2.15. The van der Waals surface area contributed by atoms with E-state index in [1.54, 1.807) is 0 Å². The van der Waals surface area contributed by atoms with E-state index in [9.17, 15) is 0 Å². The second-order valence-electron chi connectivity index (χ2n) is 3.45. The Labute approximate surface area is 66.8 Å². The van der Waals surface area contributed by atoms with E-state index < -0.39 is 0 Å². The van der Waals surface area contributed by atoms with Crippen molar-refractivity contribution < 1.29 is 4.74 Å². The average molecular weight is 158 g/mol. The van der Waals surface area contributed by atoms with E-state index in [4.69, 9.17) is 4.74 Å². The maximum atomic E-state index is 5.48. The van der Waals surface area contributed by atoms with E-state index in [1.165, 1.54) is 0 Å². The zero-order chi connectivity index (χ0) is 7.61. The summed E-state index contributed by atoms with van der Waals surface area (Å²) in [5.74, 6) is 2.23. The van der Waals surface area contributed by atoms with Crippen LogP contribution in [0.1, 0.15) is 20.8 Å². The Morgan fingerprint density at radius 3 is 2.50 bits per heavy atom. The zero-order valence-corrected chi connectivity index (χ0v) is 7.62. The Morgan fingerprint density at radius 1 is 1.50 bits per heavy atom. The van der Waals surface area contributed by atoms with Crippen LogP contribution in [0.5, 0.6) is 0 Å². The molecule has 58 valence electrons. The van der Waals surface area contributed by atoms with Gasteiger partial charge >= 0.3 is 0 Å². The quantitative estimate of drug-likeness (QED) is 0.536. The molecular formula is C8H14OS. The smallest absolute Gasteiger partial charge is 0.108 e. The summed E-state index contributed by atoms with van der Waals surface area (Å²) >= 11 is 1.84. The van der Waals surface area contributed by atoms with Crippen molar-refractivity contribution in [2.45, 2.75) is 20.8 Å². The van der Waals surface area contributed by atoms with Crippen LogP contribution in [-0.4, -0.2) is 12.4 Å². The molecule has 0 unspecified atom stereocenters. The number of hydrogen-bond acceptors (Lipinski definition) is 2.